The fourth-order valence-electron chi connectivity index (χ4n) is 2.69. The minimum absolute atomic E-state index is 0.743. The Morgan fingerprint density at radius 2 is 1.84 bits per heavy atom. The Balaban J connectivity index is 1.53. The summed E-state index contributed by atoms with van der Waals surface area (Å²) in [5.74, 6) is 1.81. The zero-order chi connectivity index (χ0) is 13.1. The summed E-state index contributed by atoms with van der Waals surface area (Å²) in [5, 5.41) is 3.49. The van der Waals surface area contributed by atoms with Crippen molar-refractivity contribution < 1.29 is 0 Å². The van der Waals surface area contributed by atoms with Crippen LogP contribution in [0.15, 0.2) is 12.4 Å². The number of piperidine rings is 1. The van der Waals surface area contributed by atoms with Gasteiger partial charge in [-0.1, -0.05) is 13.3 Å². The van der Waals surface area contributed by atoms with Crippen molar-refractivity contribution in [2.24, 2.45) is 5.92 Å². The van der Waals surface area contributed by atoms with Gasteiger partial charge in [-0.15, -0.1) is 0 Å². The molecule has 0 atom stereocenters. The molecule has 0 amide bonds. The molecule has 1 aliphatic heterocycles. The van der Waals surface area contributed by atoms with Crippen LogP contribution in [0.4, 0.5) is 5.95 Å². The first-order valence-electron chi connectivity index (χ1n) is 7.64. The first-order chi connectivity index (χ1) is 9.35. The second-order valence-corrected chi connectivity index (χ2v) is 5.89. The van der Waals surface area contributed by atoms with E-state index in [-0.39, 0.29) is 0 Å². The molecule has 104 valence electrons. The molecule has 2 fully saturated rings. The van der Waals surface area contributed by atoms with Gasteiger partial charge in [0.15, 0.2) is 0 Å². The normalized spacial score (nSPS) is 20.8. The van der Waals surface area contributed by atoms with Crippen molar-refractivity contribution in [2.45, 2.75) is 51.6 Å². The predicted octanol–water partition coefficient (Wildman–Crippen LogP) is 2.36. The van der Waals surface area contributed by atoms with E-state index in [0.717, 1.165) is 37.5 Å². The lowest BCUT2D eigenvalue weighted by atomic mass is 9.95. The van der Waals surface area contributed by atoms with E-state index in [4.69, 9.17) is 0 Å². The van der Waals surface area contributed by atoms with Gasteiger partial charge in [-0.25, -0.2) is 9.97 Å². The number of rotatable bonds is 5. The summed E-state index contributed by atoms with van der Waals surface area (Å²) in [4.78, 5) is 11.4. The fourth-order valence-corrected chi connectivity index (χ4v) is 2.69. The fraction of sp³-hybridized carbons (Fsp3) is 0.733. The van der Waals surface area contributed by atoms with Crippen molar-refractivity contribution in [2.75, 3.05) is 18.0 Å². The van der Waals surface area contributed by atoms with Crippen LogP contribution in [0.25, 0.3) is 0 Å². The van der Waals surface area contributed by atoms with Gasteiger partial charge >= 0.3 is 0 Å². The second kappa shape index (κ2) is 5.87. The lowest BCUT2D eigenvalue weighted by Gasteiger charge is -2.31. The molecule has 1 aromatic rings. The molecule has 1 aliphatic carbocycles. The standard InChI is InChI=1S/C15H24N4/c1-2-12-5-7-19(8-6-12)15-17-10-13(11-18-15)9-16-14-3-4-14/h10-12,14,16H,2-9H2,1H3. The van der Waals surface area contributed by atoms with Crippen LogP contribution in [0, 0.1) is 5.92 Å². The molecule has 0 spiro atoms. The van der Waals surface area contributed by atoms with E-state index in [1.807, 2.05) is 12.4 Å². The van der Waals surface area contributed by atoms with Crippen LogP contribution in [0.5, 0.6) is 0 Å². The summed E-state index contributed by atoms with van der Waals surface area (Å²) in [6.07, 6.45) is 10.5. The molecule has 1 aromatic heterocycles. The van der Waals surface area contributed by atoms with Crippen LogP contribution in [0.1, 0.15) is 44.6 Å². The van der Waals surface area contributed by atoms with Crippen molar-refractivity contribution >= 4 is 5.95 Å². The zero-order valence-electron chi connectivity index (χ0n) is 11.8. The summed E-state index contributed by atoms with van der Waals surface area (Å²) >= 11 is 0. The van der Waals surface area contributed by atoms with Crippen LogP contribution in [-0.2, 0) is 6.54 Å². The molecule has 0 bridgehead atoms. The Morgan fingerprint density at radius 3 is 2.42 bits per heavy atom. The molecular weight excluding hydrogens is 236 g/mol. The van der Waals surface area contributed by atoms with Gasteiger partial charge in [0.25, 0.3) is 0 Å². The number of anilines is 1. The van der Waals surface area contributed by atoms with E-state index >= 15 is 0 Å². The molecule has 19 heavy (non-hydrogen) atoms. The Bertz CT molecular complexity index is 391. The maximum atomic E-state index is 4.53. The molecule has 0 radical (unpaired) electrons. The Morgan fingerprint density at radius 1 is 1.16 bits per heavy atom. The smallest absolute Gasteiger partial charge is 0.225 e. The average molecular weight is 260 g/mol. The average Bonchev–Trinajstić information content (AvgIpc) is 3.30. The number of hydrogen-bond acceptors (Lipinski definition) is 4. The van der Waals surface area contributed by atoms with Crippen LogP contribution in [-0.4, -0.2) is 29.1 Å². The first-order valence-corrected chi connectivity index (χ1v) is 7.64. The molecular formula is C15H24N4. The van der Waals surface area contributed by atoms with E-state index in [0.29, 0.717) is 0 Å². The number of hydrogen-bond donors (Lipinski definition) is 1. The Kier molecular flexibility index (Phi) is 3.97. The molecule has 2 heterocycles. The first kappa shape index (κ1) is 12.9. The van der Waals surface area contributed by atoms with Gasteiger partial charge < -0.3 is 10.2 Å². The van der Waals surface area contributed by atoms with Crippen LogP contribution >= 0.6 is 0 Å². The molecule has 1 saturated carbocycles. The molecule has 0 unspecified atom stereocenters. The molecule has 2 aliphatic rings. The van der Waals surface area contributed by atoms with Crippen LogP contribution in [0.2, 0.25) is 0 Å². The third-order valence-electron chi connectivity index (χ3n) is 4.34. The van der Waals surface area contributed by atoms with Gasteiger partial charge in [0, 0.05) is 43.6 Å². The highest BCUT2D eigenvalue weighted by Crippen LogP contribution is 2.22. The van der Waals surface area contributed by atoms with Crippen molar-refractivity contribution in [1.29, 1.82) is 0 Å². The maximum Gasteiger partial charge on any atom is 0.225 e. The number of aromatic nitrogens is 2. The van der Waals surface area contributed by atoms with Crippen molar-refractivity contribution in [3.8, 4) is 0 Å². The third kappa shape index (κ3) is 3.44. The Hall–Kier alpha value is -1.16. The maximum absolute atomic E-state index is 4.53. The quantitative estimate of drug-likeness (QED) is 0.882. The van der Waals surface area contributed by atoms with E-state index in [2.05, 4.69) is 27.1 Å². The summed E-state index contributed by atoms with van der Waals surface area (Å²) in [5.41, 5.74) is 1.19. The van der Waals surface area contributed by atoms with Gasteiger partial charge in [-0.05, 0) is 31.6 Å². The van der Waals surface area contributed by atoms with E-state index in [9.17, 15) is 0 Å². The lowest BCUT2D eigenvalue weighted by Crippen LogP contribution is -2.34. The number of nitrogens with zero attached hydrogens (tertiary/aromatic N) is 3. The zero-order valence-corrected chi connectivity index (χ0v) is 11.8. The minimum atomic E-state index is 0.743. The molecule has 3 rings (SSSR count). The van der Waals surface area contributed by atoms with E-state index in [1.165, 1.54) is 37.7 Å². The lowest BCUT2D eigenvalue weighted by molar-refractivity contribution is 0.392. The molecule has 4 nitrogen and oxygen atoms in total. The summed E-state index contributed by atoms with van der Waals surface area (Å²) in [6, 6.07) is 0.743. The minimum Gasteiger partial charge on any atom is -0.341 e. The Labute approximate surface area is 115 Å². The highest BCUT2D eigenvalue weighted by molar-refractivity contribution is 5.30. The van der Waals surface area contributed by atoms with Gasteiger partial charge in [0.05, 0.1) is 0 Å². The largest absolute Gasteiger partial charge is 0.341 e. The molecule has 1 saturated heterocycles. The van der Waals surface area contributed by atoms with Gasteiger partial charge in [-0.2, -0.15) is 0 Å². The summed E-state index contributed by atoms with van der Waals surface area (Å²) in [7, 11) is 0. The van der Waals surface area contributed by atoms with Crippen LogP contribution < -0.4 is 10.2 Å². The topological polar surface area (TPSA) is 41.1 Å². The van der Waals surface area contributed by atoms with Crippen LogP contribution in [0.3, 0.4) is 0 Å². The highest BCUT2D eigenvalue weighted by Gasteiger charge is 2.21. The highest BCUT2D eigenvalue weighted by atomic mass is 15.2. The van der Waals surface area contributed by atoms with E-state index in [1.54, 1.807) is 0 Å². The second-order valence-electron chi connectivity index (χ2n) is 5.89. The summed E-state index contributed by atoms with van der Waals surface area (Å²) in [6.45, 7) is 5.41. The van der Waals surface area contributed by atoms with Crippen molar-refractivity contribution in [3.63, 3.8) is 0 Å². The van der Waals surface area contributed by atoms with Crippen molar-refractivity contribution in [1.82, 2.24) is 15.3 Å². The molecule has 4 heteroatoms. The monoisotopic (exact) mass is 260 g/mol. The number of nitrogens with one attached hydrogen (secondary N) is 1. The SMILES string of the molecule is CCC1CCN(c2ncc(CNC3CC3)cn2)CC1. The molecule has 0 aromatic carbocycles. The summed E-state index contributed by atoms with van der Waals surface area (Å²) < 4.78 is 0. The molecule has 1 N–H and O–H groups in total. The van der Waals surface area contributed by atoms with E-state index < -0.39 is 0 Å². The van der Waals surface area contributed by atoms with Gasteiger partial charge in [0.1, 0.15) is 0 Å². The van der Waals surface area contributed by atoms with Crippen molar-refractivity contribution in [3.05, 3.63) is 18.0 Å². The van der Waals surface area contributed by atoms with Gasteiger partial charge in [0.2, 0.25) is 5.95 Å². The predicted molar refractivity (Wildman–Crippen MR) is 77.1 cm³/mol. The third-order valence-corrected chi connectivity index (χ3v) is 4.34. The van der Waals surface area contributed by atoms with Gasteiger partial charge in [-0.3, -0.25) is 0 Å².